The van der Waals surface area contributed by atoms with Crippen molar-refractivity contribution in [3.63, 3.8) is 0 Å². The van der Waals surface area contributed by atoms with Crippen molar-refractivity contribution < 1.29 is 4.79 Å². The van der Waals surface area contributed by atoms with Gasteiger partial charge in [-0.15, -0.1) is 0 Å². The van der Waals surface area contributed by atoms with Gasteiger partial charge in [-0.25, -0.2) is 0 Å². The van der Waals surface area contributed by atoms with Crippen LogP contribution in [0.3, 0.4) is 0 Å². The summed E-state index contributed by atoms with van der Waals surface area (Å²) in [6.07, 6.45) is 0.584. The van der Waals surface area contributed by atoms with E-state index in [9.17, 15) is 4.79 Å². The third-order valence-electron chi connectivity index (χ3n) is 1.27. The predicted molar refractivity (Wildman–Crippen MR) is 46.3 cm³/mol. The molecule has 0 aromatic heterocycles. The van der Waals surface area contributed by atoms with Gasteiger partial charge in [-0.05, 0) is 12.1 Å². The fraction of sp³-hybridized carbons (Fsp3) is 0. The van der Waals surface area contributed by atoms with Crippen LogP contribution in [0.2, 0.25) is 10.0 Å². The van der Waals surface area contributed by atoms with Gasteiger partial charge in [0.2, 0.25) is 0 Å². The normalized spacial score (nSPS) is 9.64. The smallest absolute Gasteiger partial charge is 0.153 e. The maximum Gasteiger partial charge on any atom is 0.153 e. The molecule has 0 bridgehead atoms. The van der Waals surface area contributed by atoms with Crippen molar-refractivity contribution in [2.45, 2.75) is 0 Å². The Morgan fingerprint density at radius 2 is 2.00 bits per heavy atom. The molecular formula is C7H5Cl2NO. The molecule has 0 unspecified atom stereocenters. The Bertz CT molecular complexity index is 299. The van der Waals surface area contributed by atoms with Crippen molar-refractivity contribution in [3.8, 4) is 0 Å². The van der Waals surface area contributed by atoms with Crippen LogP contribution in [0.25, 0.3) is 0 Å². The molecule has 2 N–H and O–H groups in total. The van der Waals surface area contributed by atoms with Gasteiger partial charge in [0.15, 0.2) is 6.29 Å². The highest BCUT2D eigenvalue weighted by atomic mass is 35.5. The quantitative estimate of drug-likeness (QED) is 0.545. The van der Waals surface area contributed by atoms with E-state index < -0.39 is 0 Å². The molecule has 0 aliphatic heterocycles. The maximum atomic E-state index is 10.4. The zero-order valence-corrected chi connectivity index (χ0v) is 6.99. The first kappa shape index (κ1) is 8.37. The fourth-order valence-corrected chi connectivity index (χ4v) is 1.15. The van der Waals surface area contributed by atoms with E-state index >= 15 is 0 Å². The molecule has 1 rings (SSSR count). The summed E-state index contributed by atoms with van der Waals surface area (Å²) < 4.78 is 0. The average molecular weight is 190 g/mol. The van der Waals surface area contributed by atoms with Crippen molar-refractivity contribution in [3.05, 3.63) is 27.7 Å². The van der Waals surface area contributed by atoms with Gasteiger partial charge in [-0.3, -0.25) is 4.79 Å². The number of nitrogen functional groups attached to an aromatic ring is 1. The van der Waals surface area contributed by atoms with Crippen LogP contribution in [0, 0.1) is 0 Å². The minimum Gasteiger partial charge on any atom is -0.398 e. The molecule has 0 fully saturated rings. The van der Waals surface area contributed by atoms with Crippen LogP contribution in [0.1, 0.15) is 10.4 Å². The molecule has 1 aromatic carbocycles. The van der Waals surface area contributed by atoms with Gasteiger partial charge >= 0.3 is 0 Å². The molecule has 0 amide bonds. The molecule has 0 aliphatic carbocycles. The Balaban J connectivity index is 3.40. The Hall–Kier alpha value is -0.730. The van der Waals surface area contributed by atoms with E-state index in [4.69, 9.17) is 28.9 Å². The lowest BCUT2D eigenvalue weighted by molar-refractivity contribution is 0.112. The van der Waals surface area contributed by atoms with Crippen molar-refractivity contribution >= 4 is 35.2 Å². The van der Waals surface area contributed by atoms with E-state index in [-0.39, 0.29) is 10.6 Å². The molecule has 58 valence electrons. The lowest BCUT2D eigenvalue weighted by atomic mass is 10.2. The Kier molecular flexibility index (Phi) is 2.37. The first-order valence-corrected chi connectivity index (χ1v) is 3.61. The average Bonchev–Trinajstić information content (AvgIpc) is 1.99. The number of rotatable bonds is 1. The number of carbonyl (C=O) groups is 1. The van der Waals surface area contributed by atoms with Gasteiger partial charge in [0.05, 0.1) is 21.3 Å². The monoisotopic (exact) mass is 189 g/mol. The number of benzene rings is 1. The van der Waals surface area contributed by atoms with E-state index in [0.29, 0.717) is 17.0 Å². The Labute approximate surface area is 73.9 Å². The molecule has 0 aliphatic rings. The van der Waals surface area contributed by atoms with E-state index in [2.05, 4.69) is 0 Å². The summed E-state index contributed by atoms with van der Waals surface area (Å²) in [6.45, 7) is 0. The minimum atomic E-state index is 0.215. The lowest BCUT2D eigenvalue weighted by Gasteiger charge is -2.01. The predicted octanol–water partition coefficient (Wildman–Crippen LogP) is 2.39. The molecule has 1 aromatic rings. The highest BCUT2D eigenvalue weighted by Crippen LogP contribution is 2.27. The molecule has 0 spiro atoms. The van der Waals surface area contributed by atoms with E-state index in [0.717, 1.165) is 0 Å². The van der Waals surface area contributed by atoms with Gasteiger partial charge in [-0.2, -0.15) is 0 Å². The van der Waals surface area contributed by atoms with Crippen molar-refractivity contribution in [2.24, 2.45) is 0 Å². The van der Waals surface area contributed by atoms with Crippen LogP contribution in [0.4, 0.5) is 5.69 Å². The standard InChI is InChI=1S/C7H5Cl2NO/c8-5-1-2-6(10)7(9)4(5)3-11/h1-3H,10H2. The lowest BCUT2D eigenvalue weighted by Crippen LogP contribution is -1.91. The number of hydrogen-bond acceptors (Lipinski definition) is 2. The summed E-state index contributed by atoms with van der Waals surface area (Å²) in [4.78, 5) is 10.4. The van der Waals surface area contributed by atoms with Crippen LogP contribution in [0.15, 0.2) is 12.1 Å². The Morgan fingerprint density at radius 3 is 2.45 bits per heavy atom. The molecule has 0 heterocycles. The van der Waals surface area contributed by atoms with Crippen LogP contribution in [-0.4, -0.2) is 6.29 Å². The largest absolute Gasteiger partial charge is 0.398 e. The molecule has 2 nitrogen and oxygen atoms in total. The summed E-state index contributed by atoms with van der Waals surface area (Å²) in [6, 6.07) is 3.09. The van der Waals surface area contributed by atoms with Gasteiger partial charge in [0.25, 0.3) is 0 Å². The Morgan fingerprint density at radius 1 is 1.36 bits per heavy atom. The topological polar surface area (TPSA) is 43.1 Å². The molecule has 11 heavy (non-hydrogen) atoms. The van der Waals surface area contributed by atoms with Gasteiger partial charge in [-0.1, -0.05) is 23.2 Å². The SMILES string of the molecule is Nc1ccc(Cl)c(C=O)c1Cl. The highest BCUT2D eigenvalue weighted by molar-refractivity contribution is 6.40. The molecule has 0 radical (unpaired) electrons. The summed E-state index contributed by atoms with van der Waals surface area (Å²) in [7, 11) is 0. The number of nitrogens with two attached hydrogens (primary N) is 1. The molecule has 0 atom stereocenters. The summed E-state index contributed by atoms with van der Waals surface area (Å²) >= 11 is 11.3. The van der Waals surface area contributed by atoms with Crippen molar-refractivity contribution in [1.82, 2.24) is 0 Å². The third-order valence-corrected chi connectivity index (χ3v) is 2.03. The fourth-order valence-electron chi connectivity index (χ4n) is 0.694. The van der Waals surface area contributed by atoms with Gasteiger partial charge < -0.3 is 5.73 Å². The number of aldehydes is 1. The molecule has 0 saturated carbocycles. The first-order valence-electron chi connectivity index (χ1n) is 2.85. The second-order valence-electron chi connectivity index (χ2n) is 1.98. The number of carbonyl (C=O) groups excluding carboxylic acids is 1. The molecular weight excluding hydrogens is 185 g/mol. The highest BCUT2D eigenvalue weighted by Gasteiger charge is 2.06. The van der Waals surface area contributed by atoms with Crippen molar-refractivity contribution in [2.75, 3.05) is 5.73 Å². The second-order valence-corrected chi connectivity index (χ2v) is 2.77. The second kappa shape index (κ2) is 3.11. The summed E-state index contributed by atoms with van der Waals surface area (Å²) in [5.41, 5.74) is 6.02. The maximum absolute atomic E-state index is 10.4. The molecule has 0 saturated heterocycles. The van der Waals surface area contributed by atoms with Crippen LogP contribution < -0.4 is 5.73 Å². The van der Waals surface area contributed by atoms with Crippen LogP contribution >= 0.6 is 23.2 Å². The van der Waals surface area contributed by atoms with E-state index in [1.165, 1.54) is 6.07 Å². The summed E-state index contributed by atoms with van der Waals surface area (Å²) in [5.74, 6) is 0. The zero-order valence-electron chi connectivity index (χ0n) is 5.47. The number of halogens is 2. The molecule has 4 heteroatoms. The third kappa shape index (κ3) is 1.47. The van der Waals surface area contributed by atoms with E-state index in [1.54, 1.807) is 6.07 Å². The zero-order chi connectivity index (χ0) is 8.43. The van der Waals surface area contributed by atoms with Gasteiger partial charge in [0.1, 0.15) is 0 Å². The number of anilines is 1. The number of hydrogen-bond donors (Lipinski definition) is 1. The van der Waals surface area contributed by atoms with Crippen molar-refractivity contribution in [1.29, 1.82) is 0 Å². The van der Waals surface area contributed by atoms with E-state index in [1.807, 2.05) is 0 Å². The van der Waals surface area contributed by atoms with Crippen LogP contribution in [0.5, 0.6) is 0 Å². The first-order chi connectivity index (χ1) is 5.16. The minimum absolute atomic E-state index is 0.215. The summed E-state index contributed by atoms with van der Waals surface area (Å²) in [5, 5.41) is 0.534. The van der Waals surface area contributed by atoms with Gasteiger partial charge in [0, 0.05) is 0 Å². The van der Waals surface area contributed by atoms with Crippen LogP contribution in [-0.2, 0) is 0 Å².